The zero-order valence-electron chi connectivity index (χ0n) is 12.0. The van der Waals surface area contributed by atoms with Gasteiger partial charge in [0.05, 0.1) is 4.92 Å². The maximum atomic E-state index is 12.0. The van der Waals surface area contributed by atoms with Crippen LogP contribution in [0.15, 0.2) is 59.1 Å². The van der Waals surface area contributed by atoms with Crippen LogP contribution in [0.5, 0.6) is 0 Å². The van der Waals surface area contributed by atoms with Gasteiger partial charge in [-0.15, -0.1) is 0 Å². The molecule has 3 rings (SSSR count). The van der Waals surface area contributed by atoms with E-state index in [9.17, 15) is 14.9 Å². The number of hydrogen-bond donors (Lipinski definition) is 1. The molecule has 0 bridgehead atoms. The molecule has 0 fully saturated rings. The Morgan fingerprint density at radius 2 is 1.74 bits per heavy atom. The van der Waals surface area contributed by atoms with E-state index < -0.39 is 4.92 Å². The molecule has 0 radical (unpaired) electrons. The second-order valence-corrected chi connectivity index (χ2v) is 6.21. The van der Waals surface area contributed by atoms with Crippen molar-refractivity contribution in [2.24, 2.45) is 0 Å². The number of non-ortho nitro benzene ring substituents is 1. The number of rotatable bonds is 3. The van der Waals surface area contributed by atoms with Gasteiger partial charge in [0.2, 0.25) is 5.91 Å². The highest BCUT2D eigenvalue weighted by Gasteiger charge is 2.22. The highest BCUT2D eigenvalue weighted by molar-refractivity contribution is 9.10. The van der Waals surface area contributed by atoms with Crippen molar-refractivity contribution in [3.63, 3.8) is 0 Å². The van der Waals surface area contributed by atoms with Gasteiger partial charge >= 0.3 is 0 Å². The molecule has 2 aromatic carbocycles. The van der Waals surface area contributed by atoms with Crippen LogP contribution in [0, 0.1) is 10.1 Å². The summed E-state index contributed by atoms with van der Waals surface area (Å²) < 4.78 is 0.987. The van der Waals surface area contributed by atoms with Crippen LogP contribution >= 0.6 is 15.9 Å². The third-order valence-electron chi connectivity index (χ3n) is 3.73. The molecule has 0 aliphatic carbocycles. The summed E-state index contributed by atoms with van der Waals surface area (Å²) in [5.74, 6) is -0.0733. The lowest BCUT2D eigenvalue weighted by Crippen LogP contribution is -2.28. The number of carbonyl (C=O) groups is 1. The number of nitrogens with zero attached hydrogens (tertiary/aromatic N) is 1. The number of amides is 1. The second-order valence-electron chi connectivity index (χ2n) is 5.29. The zero-order valence-corrected chi connectivity index (χ0v) is 13.6. The minimum atomic E-state index is -0.442. The number of benzene rings is 2. The minimum absolute atomic E-state index is 0.0120. The smallest absolute Gasteiger partial charge is 0.269 e. The van der Waals surface area contributed by atoms with Gasteiger partial charge in [0, 0.05) is 34.6 Å². The van der Waals surface area contributed by atoms with Crippen LogP contribution in [0.4, 0.5) is 5.69 Å². The van der Waals surface area contributed by atoms with Crippen LogP contribution in [0.2, 0.25) is 0 Å². The quantitative estimate of drug-likeness (QED) is 0.653. The van der Waals surface area contributed by atoms with E-state index in [0.29, 0.717) is 12.1 Å². The van der Waals surface area contributed by atoms with Crippen LogP contribution < -0.4 is 5.32 Å². The Hall–Kier alpha value is -2.47. The number of nitro groups is 1. The molecule has 5 nitrogen and oxygen atoms in total. The fourth-order valence-electron chi connectivity index (χ4n) is 2.56. The normalized spacial score (nSPS) is 17.3. The molecule has 116 valence electrons. The molecule has 1 aliphatic heterocycles. The van der Waals surface area contributed by atoms with E-state index in [0.717, 1.165) is 15.6 Å². The number of nitrogens with one attached hydrogen (secondary N) is 1. The molecule has 1 N–H and O–H groups in total. The van der Waals surface area contributed by atoms with Crippen molar-refractivity contribution in [3.8, 4) is 0 Å². The van der Waals surface area contributed by atoms with Crippen molar-refractivity contribution < 1.29 is 9.72 Å². The van der Waals surface area contributed by atoms with Gasteiger partial charge in [-0.25, -0.2) is 0 Å². The van der Waals surface area contributed by atoms with Crippen LogP contribution in [-0.2, 0) is 4.79 Å². The Kier molecular flexibility index (Phi) is 4.25. The molecule has 1 unspecified atom stereocenters. The van der Waals surface area contributed by atoms with Crippen molar-refractivity contribution in [2.45, 2.75) is 12.3 Å². The van der Waals surface area contributed by atoms with Gasteiger partial charge in [0.1, 0.15) is 0 Å². The van der Waals surface area contributed by atoms with Crippen LogP contribution in [0.1, 0.15) is 23.5 Å². The fourth-order valence-corrected chi connectivity index (χ4v) is 2.82. The monoisotopic (exact) mass is 372 g/mol. The predicted molar refractivity (Wildman–Crippen MR) is 90.7 cm³/mol. The van der Waals surface area contributed by atoms with E-state index in [1.165, 1.54) is 12.1 Å². The van der Waals surface area contributed by atoms with E-state index >= 15 is 0 Å². The van der Waals surface area contributed by atoms with Crippen molar-refractivity contribution >= 4 is 33.2 Å². The molecule has 23 heavy (non-hydrogen) atoms. The third-order valence-corrected chi connectivity index (χ3v) is 4.26. The van der Waals surface area contributed by atoms with Gasteiger partial charge in [0.15, 0.2) is 0 Å². The minimum Gasteiger partial charge on any atom is -0.326 e. The summed E-state index contributed by atoms with van der Waals surface area (Å²) in [6.07, 6.45) is 2.38. The van der Waals surface area contributed by atoms with Gasteiger partial charge < -0.3 is 5.32 Å². The summed E-state index contributed by atoms with van der Waals surface area (Å²) in [4.78, 5) is 22.3. The van der Waals surface area contributed by atoms with E-state index in [1.54, 1.807) is 12.1 Å². The maximum Gasteiger partial charge on any atom is 0.269 e. The summed E-state index contributed by atoms with van der Waals surface area (Å²) in [6, 6.07) is 14.0. The lowest BCUT2D eigenvalue weighted by atomic mass is 9.90. The molecule has 0 saturated heterocycles. The summed E-state index contributed by atoms with van der Waals surface area (Å²) in [5, 5.41) is 13.6. The van der Waals surface area contributed by atoms with Gasteiger partial charge in [0.25, 0.3) is 5.69 Å². The standard InChI is InChI=1S/C17H13BrN2O3/c18-14-5-1-11(2-6-14)13-9-16(19-17(21)10-13)12-3-7-15(8-4-12)20(22)23/h1-9,13H,10H2,(H,19,21). The lowest BCUT2D eigenvalue weighted by molar-refractivity contribution is -0.384. The molecule has 0 saturated carbocycles. The van der Waals surface area contributed by atoms with Gasteiger partial charge in [-0.1, -0.05) is 34.1 Å². The largest absolute Gasteiger partial charge is 0.326 e. The summed E-state index contributed by atoms with van der Waals surface area (Å²) in [6.45, 7) is 0. The first-order valence-electron chi connectivity index (χ1n) is 7.05. The Morgan fingerprint density at radius 3 is 2.35 bits per heavy atom. The molecular weight excluding hydrogens is 360 g/mol. The molecule has 2 aromatic rings. The average molecular weight is 373 g/mol. The number of nitro benzene ring substituents is 1. The van der Waals surface area contributed by atoms with Crippen LogP contribution in [0.3, 0.4) is 0 Å². The molecular formula is C17H13BrN2O3. The van der Waals surface area contributed by atoms with E-state index in [2.05, 4.69) is 21.2 Å². The zero-order chi connectivity index (χ0) is 16.4. The lowest BCUT2D eigenvalue weighted by Gasteiger charge is -2.22. The molecule has 1 atom stereocenters. The Morgan fingerprint density at radius 1 is 1.09 bits per heavy atom. The number of carbonyl (C=O) groups excluding carboxylic acids is 1. The van der Waals surface area contributed by atoms with Crippen molar-refractivity contribution in [3.05, 3.63) is 80.3 Å². The molecule has 0 aromatic heterocycles. The van der Waals surface area contributed by atoms with E-state index in [4.69, 9.17) is 0 Å². The average Bonchev–Trinajstić information content (AvgIpc) is 2.55. The predicted octanol–water partition coefficient (Wildman–Crippen LogP) is 4.00. The second kappa shape index (κ2) is 6.34. The first-order chi connectivity index (χ1) is 11.0. The first-order valence-corrected chi connectivity index (χ1v) is 7.84. The Balaban J connectivity index is 1.92. The molecule has 1 aliphatic rings. The Labute approximate surface area is 141 Å². The SMILES string of the molecule is O=C1CC(c2ccc(Br)cc2)C=C(c2ccc([N+](=O)[O-])cc2)N1. The summed E-state index contributed by atoms with van der Waals surface area (Å²) >= 11 is 3.40. The number of halogens is 1. The summed E-state index contributed by atoms with van der Waals surface area (Å²) in [5.41, 5.74) is 2.53. The Bertz CT molecular complexity index is 782. The number of hydrogen-bond acceptors (Lipinski definition) is 3. The topological polar surface area (TPSA) is 72.2 Å². The highest BCUT2D eigenvalue weighted by atomic mass is 79.9. The summed E-state index contributed by atoms with van der Waals surface area (Å²) in [7, 11) is 0. The van der Waals surface area contributed by atoms with Crippen molar-refractivity contribution in [1.29, 1.82) is 0 Å². The van der Waals surface area contributed by atoms with Gasteiger partial charge in [-0.05, 0) is 35.4 Å². The maximum absolute atomic E-state index is 12.0. The number of allylic oxidation sites excluding steroid dienone is 1. The van der Waals surface area contributed by atoms with Gasteiger partial charge in [-0.2, -0.15) is 0 Å². The first kappa shape index (κ1) is 15.4. The van der Waals surface area contributed by atoms with Crippen molar-refractivity contribution in [2.75, 3.05) is 0 Å². The fraction of sp³-hybridized carbons (Fsp3) is 0.118. The third kappa shape index (κ3) is 3.48. The van der Waals surface area contributed by atoms with E-state index in [1.807, 2.05) is 30.3 Å². The molecule has 1 amide bonds. The van der Waals surface area contributed by atoms with Crippen LogP contribution in [-0.4, -0.2) is 10.8 Å². The van der Waals surface area contributed by atoms with Crippen LogP contribution in [0.25, 0.3) is 5.70 Å². The van der Waals surface area contributed by atoms with E-state index in [-0.39, 0.29) is 17.5 Å². The highest BCUT2D eigenvalue weighted by Crippen LogP contribution is 2.30. The van der Waals surface area contributed by atoms with Crippen molar-refractivity contribution in [1.82, 2.24) is 5.32 Å². The molecule has 1 heterocycles. The molecule has 6 heteroatoms. The van der Waals surface area contributed by atoms with Gasteiger partial charge in [-0.3, -0.25) is 14.9 Å². The molecule has 0 spiro atoms.